The van der Waals surface area contributed by atoms with Crippen molar-refractivity contribution >= 4 is 0 Å². The number of hydrogen-bond donors (Lipinski definition) is 0. The molecule has 3 nitrogen and oxygen atoms in total. The lowest BCUT2D eigenvalue weighted by molar-refractivity contribution is -0.288. The molecule has 0 heterocycles. The molecule has 0 aliphatic heterocycles. The Hall–Kier alpha value is -0.900. The second-order valence-electron chi connectivity index (χ2n) is 4.04. The van der Waals surface area contributed by atoms with E-state index in [0.717, 1.165) is 19.4 Å². The van der Waals surface area contributed by atoms with Crippen molar-refractivity contribution in [2.45, 2.75) is 32.4 Å². The Kier molecular flexibility index (Phi) is 5.62. The molecule has 0 N–H and O–H groups in total. The van der Waals surface area contributed by atoms with Gasteiger partial charge in [-0.1, -0.05) is 37.3 Å². The van der Waals surface area contributed by atoms with Crippen LogP contribution in [0.15, 0.2) is 30.3 Å². The summed E-state index contributed by atoms with van der Waals surface area (Å²) in [5, 5.41) is 1.90. The van der Waals surface area contributed by atoms with Crippen LogP contribution in [0, 0.1) is 0 Å². The molecule has 0 radical (unpaired) electrons. The van der Waals surface area contributed by atoms with Crippen LogP contribution in [0.1, 0.15) is 25.8 Å². The molecule has 96 valence electrons. The summed E-state index contributed by atoms with van der Waals surface area (Å²) in [6, 6.07) is 10.4. The molecule has 1 unspecified atom stereocenters. The van der Waals surface area contributed by atoms with Gasteiger partial charge in [-0.2, -0.15) is 5.06 Å². The maximum atomic E-state index is 5.74. The van der Waals surface area contributed by atoms with Crippen molar-refractivity contribution < 1.29 is 9.57 Å². The van der Waals surface area contributed by atoms with Crippen LogP contribution in [-0.4, -0.2) is 31.6 Å². The Labute approximate surface area is 104 Å². The van der Waals surface area contributed by atoms with Gasteiger partial charge in [0.15, 0.2) is 0 Å². The standard InChI is InChI=1S/C14H23NO2/c1-5-14(16-3,15(6-2)17-4)12-13-10-8-7-9-11-13/h7-11H,5-6,12H2,1-4H3. The zero-order valence-corrected chi connectivity index (χ0v) is 11.3. The number of methoxy groups -OCH3 is 1. The maximum Gasteiger partial charge on any atom is 0.147 e. The highest BCUT2D eigenvalue weighted by Crippen LogP contribution is 2.25. The molecule has 0 aromatic heterocycles. The van der Waals surface area contributed by atoms with Gasteiger partial charge < -0.3 is 4.74 Å². The highest BCUT2D eigenvalue weighted by Gasteiger charge is 2.35. The number of nitrogens with zero attached hydrogens (tertiary/aromatic N) is 1. The molecule has 0 saturated heterocycles. The number of rotatable bonds is 7. The van der Waals surface area contributed by atoms with Crippen molar-refractivity contribution in [1.29, 1.82) is 0 Å². The molecule has 3 heteroatoms. The summed E-state index contributed by atoms with van der Waals surface area (Å²) in [5.41, 5.74) is 0.872. The van der Waals surface area contributed by atoms with Crippen molar-refractivity contribution in [3.05, 3.63) is 35.9 Å². The number of ether oxygens (including phenoxy) is 1. The first-order valence-electron chi connectivity index (χ1n) is 6.13. The van der Waals surface area contributed by atoms with Gasteiger partial charge in [0.1, 0.15) is 5.72 Å². The van der Waals surface area contributed by atoms with Gasteiger partial charge in [-0.25, -0.2) is 0 Å². The predicted octanol–water partition coefficient (Wildman–Crippen LogP) is 2.87. The summed E-state index contributed by atoms with van der Waals surface area (Å²) in [6.45, 7) is 4.98. The van der Waals surface area contributed by atoms with E-state index in [0.29, 0.717) is 0 Å². The van der Waals surface area contributed by atoms with E-state index in [1.807, 2.05) is 11.1 Å². The quantitative estimate of drug-likeness (QED) is 0.537. The van der Waals surface area contributed by atoms with E-state index in [1.54, 1.807) is 14.2 Å². The summed E-state index contributed by atoms with van der Waals surface area (Å²) in [6.07, 6.45) is 1.70. The van der Waals surface area contributed by atoms with Crippen LogP contribution in [0.2, 0.25) is 0 Å². The third-order valence-corrected chi connectivity index (χ3v) is 3.22. The van der Waals surface area contributed by atoms with Crippen LogP contribution in [0.4, 0.5) is 0 Å². The molecule has 0 aliphatic carbocycles. The average molecular weight is 237 g/mol. The molecule has 1 aromatic rings. The molecule has 0 amide bonds. The lowest BCUT2D eigenvalue weighted by Gasteiger charge is -2.40. The fourth-order valence-electron chi connectivity index (χ4n) is 2.21. The highest BCUT2D eigenvalue weighted by molar-refractivity contribution is 5.16. The Balaban J connectivity index is 2.91. The summed E-state index contributed by atoms with van der Waals surface area (Å²) >= 11 is 0. The molecular formula is C14H23NO2. The predicted molar refractivity (Wildman–Crippen MR) is 69.6 cm³/mol. The fraction of sp³-hybridized carbons (Fsp3) is 0.571. The smallest absolute Gasteiger partial charge is 0.147 e. The molecule has 1 aromatic carbocycles. The zero-order valence-electron chi connectivity index (χ0n) is 11.3. The molecule has 0 aliphatic rings. The van der Waals surface area contributed by atoms with Crippen LogP contribution in [0.5, 0.6) is 0 Å². The van der Waals surface area contributed by atoms with E-state index in [4.69, 9.17) is 9.57 Å². The third kappa shape index (κ3) is 3.28. The average Bonchev–Trinajstić information content (AvgIpc) is 2.40. The molecule has 0 fully saturated rings. The lowest BCUT2D eigenvalue weighted by atomic mass is 9.99. The van der Waals surface area contributed by atoms with E-state index >= 15 is 0 Å². The Morgan fingerprint density at radius 1 is 1.12 bits per heavy atom. The van der Waals surface area contributed by atoms with Crippen molar-refractivity contribution in [2.24, 2.45) is 0 Å². The largest absolute Gasteiger partial charge is 0.361 e. The van der Waals surface area contributed by atoms with Gasteiger partial charge in [0.05, 0.1) is 7.11 Å². The fourth-order valence-corrected chi connectivity index (χ4v) is 2.21. The molecule has 0 saturated carbocycles. The Morgan fingerprint density at radius 3 is 2.18 bits per heavy atom. The molecule has 0 spiro atoms. The van der Waals surface area contributed by atoms with Gasteiger partial charge in [0.25, 0.3) is 0 Å². The van der Waals surface area contributed by atoms with Crippen molar-refractivity contribution in [1.82, 2.24) is 5.06 Å². The van der Waals surface area contributed by atoms with Gasteiger partial charge in [-0.05, 0) is 18.9 Å². The van der Waals surface area contributed by atoms with Crippen LogP contribution < -0.4 is 0 Å². The molecular weight excluding hydrogens is 214 g/mol. The number of benzene rings is 1. The van der Waals surface area contributed by atoms with Crippen molar-refractivity contribution in [3.63, 3.8) is 0 Å². The zero-order chi connectivity index (χ0) is 12.7. The van der Waals surface area contributed by atoms with Gasteiger partial charge in [0.2, 0.25) is 0 Å². The number of hydroxylamine groups is 2. The first kappa shape index (κ1) is 14.2. The van der Waals surface area contributed by atoms with E-state index in [2.05, 4.69) is 38.1 Å². The summed E-state index contributed by atoms with van der Waals surface area (Å²) in [5.74, 6) is 0. The number of likely N-dealkylation sites (N-methyl/N-ethyl adjacent to an activating group) is 1. The lowest BCUT2D eigenvalue weighted by Crippen LogP contribution is -2.50. The van der Waals surface area contributed by atoms with Crippen LogP contribution in [-0.2, 0) is 16.0 Å². The third-order valence-electron chi connectivity index (χ3n) is 3.22. The van der Waals surface area contributed by atoms with Crippen molar-refractivity contribution in [3.8, 4) is 0 Å². The van der Waals surface area contributed by atoms with E-state index < -0.39 is 0 Å². The maximum absolute atomic E-state index is 5.74. The van der Waals surface area contributed by atoms with E-state index in [-0.39, 0.29) is 5.72 Å². The van der Waals surface area contributed by atoms with Crippen LogP contribution >= 0.6 is 0 Å². The minimum atomic E-state index is -0.384. The van der Waals surface area contributed by atoms with Crippen LogP contribution in [0.25, 0.3) is 0 Å². The number of hydrogen-bond acceptors (Lipinski definition) is 3. The summed E-state index contributed by atoms with van der Waals surface area (Å²) in [4.78, 5) is 5.43. The first-order valence-corrected chi connectivity index (χ1v) is 6.13. The van der Waals surface area contributed by atoms with Crippen molar-refractivity contribution in [2.75, 3.05) is 20.8 Å². The topological polar surface area (TPSA) is 21.7 Å². The van der Waals surface area contributed by atoms with Gasteiger partial charge in [-0.3, -0.25) is 4.84 Å². The minimum Gasteiger partial charge on any atom is -0.361 e. The molecule has 1 atom stereocenters. The SMILES string of the molecule is CCN(OC)C(CC)(Cc1ccccc1)OC. The van der Waals surface area contributed by atoms with Gasteiger partial charge >= 0.3 is 0 Å². The molecule has 0 bridgehead atoms. The first-order chi connectivity index (χ1) is 8.22. The summed E-state index contributed by atoms with van der Waals surface area (Å²) < 4.78 is 5.74. The Bertz CT molecular complexity index is 305. The molecule has 1 rings (SSSR count). The highest BCUT2D eigenvalue weighted by atomic mass is 16.7. The van der Waals surface area contributed by atoms with Gasteiger partial charge in [0, 0.05) is 20.1 Å². The van der Waals surface area contributed by atoms with Crippen LogP contribution in [0.3, 0.4) is 0 Å². The minimum absolute atomic E-state index is 0.384. The van der Waals surface area contributed by atoms with E-state index in [1.165, 1.54) is 5.56 Å². The normalized spacial score (nSPS) is 14.9. The van der Waals surface area contributed by atoms with E-state index in [9.17, 15) is 0 Å². The molecule has 17 heavy (non-hydrogen) atoms. The Morgan fingerprint density at radius 2 is 1.76 bits per heavy atom. The van der Waals surface area contributed by atoms with Gasteiger partial charge in [-0.15, -0.1) is 0 Å². The summed E-state index contributed by atoms with van der Waals surface area (Å²) in [7, 11) is 3.44. The second kappa shape index (κ2) is 6.74. The monoisotopic (exact) mass is 237 g/mol. The second-order valence-corrected chi connectivity index (χ2v) is 4.04.